The molecule has 4 heteroatoms. The van der Waals surface area contributed by atoms with Gasteiger partial charge in [0.1, 0.15) is 6.04 Å². The number of carbonyl (C=O) groups is 2. The molecule has 0 aromatic heterocycles. The first kappa shape index (κ1) is 16.3. The van der Waals surface area contributed by atoms with Gasteiger partial charge >= 0.3 is 0 Å². The molecule has 0 bridgehead atoms. The SMILES string of the molecule is CC(C)CC1NC(=O)CCN(CC2C(C)(C)C2(C)C)C1=O. The Balaban J connectivity index is 2.08. The van der Waals surface area contributed by atoms with E-state index in [9.17, 15) is 9.59 Å². The van der Waals surface area contributed by atoms with Crippen molar-refractivity contribution in [1.29, 1.82) is 0 Å². The Hall–Kier alpha value is -1.06. The summed E-state index contributed by atoms with van der Waals surface area (Å²) in [4.78, 5) is 26.5. The van der Waals surface area contributed by atoms with Gasteiger partial charge in [0.2, 0.25) is 11.8 Å². The van der Waals surface area contributed by atoms with Crippen LogP contribution in [0.4, 0.5) is 0 Å². The zero-order chi connectivity index (χ0) is 16.0. The average molecular weight is 294 g/mol. The molecular formula is C17H30N2O2. The predicted octanol–water partition coefficient (Wildman–Crippen LogP) is 2.43. The first-order chi connectivity index (χ1) is 9.57. The number of hydrogen-bond acceptors (Lipinski definition) is 2. The number of amides is 2. The van der Waals surface area contributed by atoms with Crippen LogP contribution < -0.4 is 5.32 Å². The molecule has 120 valence electrons. The van der Waals surface area contributed by atoms with Gasteiger partial charge in [-0.25, -0.2) is 0 Å². The normalized spacial score (nSPS) is 28.5. The third-order valence-electron chi connectivity index (χ3n) is 5.98. The Morgan fingerprint density at radius 3 is 2.24 bits per heavy atom. The molecule has 21 heavy (non-hydrogen) atoms. The molecule has 0 aromatic carbocycles. The van der Waals surface area contributed by atoms with E-state index < -0.39 is 0 Å². The molecule has 1 saturated heterocycles. The minimum absolute atomic E-state index is 0.00539. The second-order valence-corrected chi connectivity index (χ2v) is 8.28. The first-order valence-corrected chi connectivity index (χ1v) is 8.15. The molecule has 1 atom stereocenters. The lowest BCUT2D eigenvalue weighted by Crippen LogP contribution is -2.46. The molecule has 4 nitrogen and oxygen atoms in total. The number of hydrogen-bond donors (Lipinski definition) is 1. The van der Waals surface area contributed by atoms with Crippen LogP contribution in [0.3, 0.4) is 0 Å². The summed E-state index contributed by atoms with van der Waals surface area (Å²) in [6.07, 6.45) is 1.15. The maximum Gasteiger partial charge on any atom is 0.245 e. The Kier molecular flexibility index (Phi) is 4.11. The quantitative estimate of drug-likeness (QED) is 0.865. The molecule has 2 rings (SSSR count). The molecular weight excluding hydrogens is 264 g/mol. The van der Waals surface area contributed by atoms with E-state index in [-0.39, 0.29) is 28.7 Å². The molecule has 1 aliphatic carbocycles. The van der Waals surface area contributed by atoms with Crippen molar-refractivity contribution in [2.75, 3.05) is 13.1 Å². The van der Waals surface area contributed by atoms with E-state index in [0.29, 0.717) is 24.8 Å². The van der Waals surface area contributed by atoms with Crippen molar-refractivity contribution >= 4 is 11.8 Å². The van der Waals surface area contributed by atoms with Crippen LogP contribution in [0.2, 0.25) is 0 Å². The van der Waals surface area contributed by atoms with Crippen LogP contribution >= 0.6 is 0 Å². The van der Waals surface area contributed by atoms with Crippen molar-refractivity contribution in [3.05, 3.63) is 0 Å². The predicted molar refractivity (Wildman–Crippen MR) is 83.6 cm³/mol. The Bertz CT molecular complexity index is 426. The monoisotopic (exact) mass is 294 g/mol. The van der Waals surface area contributed by atoms with Gasteiger partial charge < -0.3 is 10.2 Å². The van der Waals surface area contributed by atoms with E-state index in [4.69, 9.17) is 0 Å². The number of rotatable bonds is 4. The van der Waals surface area contributed by atoms with Crippen molar-refractivity contribution in [3.8, 4) is 0 Å². The smallest absolute Gasteiger partial charge is 0.245 e. The summed E-state index contributed by atoms with van der Waals surface area (Å²) in [6.45, 7) is 14.6. The molecule has 0 spiro atoms. The number of nitrogens with one attached hydrogen (secondary N) is 1. The molecule has 1 unspecified atom stereocenters. The Morgan fingerprint density at radius 2 is 1.76 bits per heavy atom. The van der Waals surface area contributed by atoms with E-state index in [1.54, 1.807) is 0 Å². The van der Waals surface area contributed by atoms with Gasteiger partial charge in [-0.2, -0.15) is 0 Å². The standard InChI is InChI=1S/C17H30N2O2/c1-11(2)9-12-15(21)19(8-7-14(20)18-12)10-13-16(3,4)17(13,5)6/h11-13H,7-10H2,1-6H3,(H,18,20). The Morgan fingerprint density at radius 1 is 1.19 bits per heavy atom. The summed E-state index contributed by atoms with van der Waals surface area (Å²) in [5.41, 5.74) is 0.537. The highest BCUT2D eigenvalue weighted by atomic mass is 16.2. The maximum absolute atomic E-state index is 12.7. The highest BCUT2D eigenvalue weighted by molar-refractivity contribution is 5.90. The molecule has 1 saturated carbocycles. The van der Waals surface area contributed by atoms with Crippen LogP contribution in [-0.4, -0.2) is 35.8 Å². The van der Waals surface area contributed by atoms with Crippen LogP contribution in [0.5, 0.6) is 0 Å². The fourth-order valence-corrected chi connectivity index (χ4v) is 3.72. The van der Waals surface area contributed by atoms with Crippen molar-refractivity contribution < 1.29 is 9.59 Å². The Labute approximate surface area is 128 Å². The lowest BCUT2D eigenvalue weighted by Gasteiger charge is -2.25. The van der Waals surface area contributed by atoms with Crippen molar-refractivity contribution in [3.63, 3.8) is 0 Å². The summed E-state index contributed by atoms with van der Waals surface area (Å²) in [5, 5.41) is 2.89. The zero-order valence-corrected chi connectivity index (χ0v) is 14.3. The second-order valence-electron chi connectivity index (χ2n) is 8.28. The van der Waals surface area contributed by atoms with Gasteiger partial charge in [-0.15, -0.1) is 0 Å². The molecule has 1 heterocycles. The van der Waals surface area contributed by atoms with E-state index in [0.717, 1.165) is 13.0 Å². The average Bonchev–Trinajstić information content (AvgIpc) is 2.78. The van der Waals surface area contributed by atoms with Crippen molar-refractivity contribution in [1.82, 2.24) is 10.2 Å². The van der Waals surface area contributed by atoms with E-state index in [1.165, 1.54) is 0 Å². The molecule has 0 aromatic rings. The molecule has 2 fully saturated rings. The molecule has 1 aliphatic heterocycles. The van der Waals surface area contributed by atoms with Crippen LogP contribution in [0.15, 0.2) is 0 Å². The molecule has 2 amide bonds. The molecule has 2 aliphatic rings. The van der Waals surface area contributed by atoms with Crippen LogP contribution in [0, 0.1) is 22.7 Å². The van der Waals surface area contributed by atoms with Gasteiger partial charge in [0.25, 0.3) is 0 Å². The fourth-order valence-electron chi connectivity index (χ4n) is 3.72. The third kappa shape index (κ3) is 2.95. The summed E-state index contributed by atoms with van der Waals surface area (Å²) >= 11 is 0. The zero-order valence-electron chi connectivity index (χ0n) is 14.3. The fraction of sp³-hybridized carbons (Fsp3) is 0.882. The molecule has 0 radical (unpaired) electrons. The maximum atomic E-state index is 12.7. The van der Waals surface area contributed by atoms with Gasteiger partial charge in [0.05, 0.1) is 0 Å². The van der Waals surface area contributed by atoms with Crippen LogP contribution in [0.1, 0.15) is 54.4 Å². The second kappa shape index (κ2) is 5.29. The largest absolute Gasteiger partial charge is 0.344 e. The van der Waals surface area contributed by atoms with Gasteiger partial charge in [-0.05, 0) is 29.1 Å². The van der Waals surface area contributed by atoms with Gasteiger partial charge in [-0.1, -0.05) is 41.5 Å². The minimum Gasteiger partial charge on any atom is -0.344 e. The van der Waals surface area contributed by atoms with E-state index >= 15 is 0 Å². The van der Waals surface area contributed by atoms with E-state index in [1.807, 2.05) is 4.90 Å². The van der Waals surface area contributed by atoms with Crippen LogP contribution in [0.25, 0.3) is 0 Å². The highest BCUT2D eigenvalue weighted by Crippen LogP contribution is 2.68. The molecule has 1 N–H and O–H groups in total. The van der Waals surface area contributed by atoms with Gasteiger partial charge in [-0.3, -0.25) is 9.59 Å². The van der Waals surface area contributed by atoms with Crippen molar-refractivity contribution in [2.45, 2.75) is 60.4 Å². The topological polar surface area (TPSA) is 49.4 Å². The highest BCUT2D eigenvalue weighted by Gasteiger charge is 2.64. The van der Waals surface area contributed by atoms with Crippen molar-refractivity contribution in [2.24, 2.45) is 22.7 Å². The summed E-state index contributed by atoms with van der Waals surface area (Å²) < 4.78 is 0. The number of nitrogens with zero attached hydrogens (tertiary/aromatic N) is 1. The number of carbonyl (C=O) groups excluding carboxylic acids is 2. The lowest BCUT2D eigenvalue weighted by atomic mass is 10.0. The van der Waals surface area contributed by atoms with Crippen LogP contribution in [-0.2, 0) is 9.59 Å². The van der Waals surface area contributed by atoms with Gasteiger partial charge in [0.15, 0.2) is 0 Å². The van der Waals surface area contributed by atoms with Gasteiger partial charge in [0, 0.05) is 19.5 Å². The summed E-state index contributed by atoms with van der Waals surface area (Å²) in [5.74, 6) is 1.02. The summed E-state index contributed by atoms with van der Waals surface area (Å²) in [6, 6.07) is -0.343. The summed E-state index contributed by atoms with van der Waals surface area (Å²) in [7, 11) is 0. The van der Waals surface area contributed by atoms with E-state index in [2.05, 4.69) is 46.9 Å². The third-order valence-corrected chi connectivity index (χ3v) is 5.98. The minimum atomic E-state index is -0.343. The first-order valence-electron chi connectivity index (χ1n) is 8.15. The lowest BCUT2D eigenvalue weighted by molar-refractivity contribution is -0.134.